The zero-order chi connectivity index (χ0) is 26.6. The van der Waals surface area contributed by atoms with Crippen molar-refractivity contribution in [1.82, 2.24) is 0 Å². The van der Waals surface area contributed by atoms with E-state index in [0.717, 1.165) is 29.7 Å². The molecule has 5 aromatic rings. The molecule has 0 atom stereocenters. The molecule has 0 amide bonds. The highest BCUT2D eigenvalue weighted by molar-refractivity contribution is 7.98. The molecule has 0 fully saturated rings. The van der Waals surface area contributed by atoms with Crippen molar-refractivity contribution in [2.75, 3.05) is 6.26 Å². The largest absolute Gasteiger partial charge is 0.472 e. The Morgan fingerprint density at radius 3 is 2.00 bits per heavy atom. The van der Waals surface area contributed by atoms with E-state index in [9.17, 15) is 0 Å². The lowest BCUT2D eigenvalue weighted by molar-refractivity contribution is 0.163. The summed E-state index contributed by atoms with van der Waals surface area (Å²) in [5, 5.41) is 2.47. The summed E-state index contributed by atoms with van der Waals surface area (Å²) < 4.78 is 7.41. The van der Waals surface area contributed by atoms with Gasteiger partial charge >= 0.3 is 0 Å². The first kappa shape index (κ1) is 24.3. The van der Waals surface area contributed by atoms with Crippen LogP contribution in [-0.4, -0.2) is 6.26 Å². The third-order valence-electron chi connectivity index (χ3n) is 9.06. The summed E-state index contributed by atoms with van der Waals surface area (Å²) in [4.78, 5) is 1.25. The first-order valence-corrected chi connectivity index (χ1v) is 15.2. The smallest absolute Gasteiger partial charge is 0.178 e. The van der Waals surface area contributed by atoms with Gasteiger partial charge in [-0.25, -0.2) is 0 Å². The predicted octanol–water partition coefficient (Wildman–Crippen LogP) is 10.00. The Hall–Kier alpha value is -3.75. The quantitative estimate of drug-likeness (QED) is 0.212. The Balaban J connectivity index is 1.61. The molecule has 5 aromatic carbocycles. The molecule has 192 valence electrons. The molecule has 7 rings (SSSR count). The van der Waals surface area contributed by atoms with Crippen molar-refractivity contribution in [2.45, 2.75) is 42.6 Å². The van der Waals surface area contributed by atoms with E-state index in [1.807, 2.05) is 0 Å². The summed E-state index contributed by atoms with van der Waals surface area (Å²) >= 11 is 1.78. The van der Waals surface area contributed by atoms with Gasteiger partial charge in [-0.3, -0.25) is 0 Å². The third kappa shape index (κ3) is 3.34. The van der Waals surface area contributed by atoms with Gasteiger partial charge in [-0.2, -0.15) is 0 Å². The number of ether oxygens (including phenoxy) is 1. The van der Waals surface area contributed by atoms with Gasteiger partial charge in [0.15, 0.2) is 5.60 Å². The molecule has 0 bridgehead atoms. The van der Waals surface area contributed by atoms with Crippen LogP contribution in [0.3, 0.4) is 0 Å². The SMILES string of the molecule is CCC1(CC)c2ccccc2-c2c1c1c(c3cc(SC)ccc23)OC(c2ccccc2)(c2ccccc2)C=C1. The van der Waals surface area contributed by atoms with Crippen molar-refractivity contribution in [3.8, 4) is 16.9 Å². The van der Waals surface area contributed by atoms with E-state index in [2.05, 4.69) is 135 Å². The molecule has 1 aliphatic heterocycles. The van der Waals surface area contributed by atoms with Crippen LogP contribution in [0, 0.1) is 0 Å². The molecule has 0 saturated carbocycles. The fourth-order valence-electron chi connectivity index (χ4n) is 7.11. The van der Waals surface area contributed by atoms with Crippen LogP contribution in [-0.2, 0) is 11.0 Å². The van der Waals surface area contributed by atoms with Crippen molar-refractivity contribution in [3.63, 3.8) is 0 Å². The normalized spacial score (nSPS) is 15.9. The van der Waals surface area contributed by atoms with Gasteiger partial charge < -0.3 is 4.74 Å². The van der Waals surface area contributed by atoms with Gasteiger partial charge in [0.1, 0.15) is 5.75 Å². The van der Waals surface area contributed by atoms with E-state index in [0.29, 0.717) is 0 Å². The lowest BCUT2D eigenvalue weighted by atomic mass is 9.71. The van der Waals surface area contributed by atoms with Gasteiger partial charge in [0, 0.05) is 32.4 Å². The lowest BCUT2D eigenvalue weighted by Gasteiger charge is -2.39. The van der Waals surface area contributed by atoms with Gasteiger partial charge in [0.05, 0.1) is 0 Å². The van der Waals surface area contributed by atoms with Crippen LogP contribution < -0.4 is 4.74 Å². The average molecular weight is 525 g/mol. The molecule has 0 N–H and O–H groups in total. The minimum absolute atomic E-state index is 0.0461. The van der Waals surface area contributed by atoms with E-state index in [1.165, 1.54) is 43.5 Å². The van der Waals surface area contributed by atoms with Crippen molar-refractivity contribution in [3.05, 3.63) is 137 Å². The highest BCUT2D eigenvalue weighted by Crippen LogP contribution is 2.60. The Bertz CT molecular complexity index is 1690. The number of fused-ring (bicyclic) bond motifs is 8. The van der Waals surface area contributed by atoms with Gasteiger partial charge in [-0.15, -0.1) is 11.8 Å². The molecule has 0 radical (unpaired) electrons. The molecule has 0 spiro atoms. The number of hydrogen-bond acceptors (Lipinski definition) is 2. The Labute approximate surface area is 235 Å². The van der Waals surface area contributed by atoms with Crippen LogP contribution in [0.15, 0.2) is 114 Å². The molecule has 1 nitrogen and oxygen atoms in total. The van der Waals surface area contributed by atoms with E-state index in [4.69, 9.17) is 4.74 Å². The van der Waals surface area contributed by atoms with Crippen LogP contribution in [0.5, 0.6) is 5.75 Å². The Morgan fingerprint density at radius 1 is 0.718 bits per heavy atom. The van der Waals surface area contributed by atoms with E-state index < -0.39 is 5.60 Å². The van der Waals surface area contributed by atoms with E-state index in [-0.39, 0.29) is 5.41 Å². The van der Waals surface area contributed by atoms with E-state index >= 15 is 0 Å². The maximum absolute atomic E-state index is 7.41. The van der Waals surface area contributed by atoms with Crippen molar-refractivity contribution in [2.24, 2.45) is 0 Å². The molecule has 2 heteroatoms. The third-order valence-corrected chi connectivity index (χ3v) is 9.78. The maximum Gasteiger partial charge on any atom is 0.178 e. The van der Waals surface area contributed by atoms with Crippen LogP contribution in [0.4, 0.5) is 0 Å². The summed E-state index contributed by atoms with van der Waals surface area (Å²) in [6, 6.07) is 37.3. The standard InChI is InChI=1S/C37H32OS/c1-4-36(5-2)32-19-13-12-18-29(32)33-28-21-20-27(39-3)24-31(28)35-30(34(33)36)22-23-37(38-35,25-14-8-6-9-15-25)26-16-10-7-11-17-26/h6-24H,4-5H2,1-3H3. The first-order chi connectivity index (χ1) is 19.2. The monoisotopic (exact) mass is 524 g/mol. The fourth-order valence-corrected chi connectivity index (χ4v) is 7.55. The molecule has 39 heavy (non-hydrogen) atoms. The summed E-state index contributed by atoms with van der Waals surface area (Å²) in [6.45, 7) is 4.68. The van der Waals surface area contributed by atoms with Crippen LogP contribution >= 0.6 is 11.8 Å². The lowest BCUT2D eigenvalue weighted by Crippen LogP contribution is -2.35. The number of thioether (sulfide) groups is 1. The minimum atomic E-state index is -0.710. The van der Waals surface area contributed by atoms with Gasteiger partial charge in [-0.05, 0) is 64.9 Å². The molecular weight excluding hydrogens is 492 g/mol. The van der Waals surface area contributed by atoms with Crippen LogP contribution in [0.2, 0.25) is 0 Å². The molecule has 0 saturated heterocycles. The maximum atomic E-state index is 7.41. The van der Waals surface area contributed by atoms with Gasteiger partial charge in [0.25, 0.3) is 0 Å². The van der Waals surface area contributed by atoms with Gasteiger partial charge in [-0.1, -0.05) is 111 Å². The Kier molecular flexibility index (Phi) is 5.72. The molecule has 0 unspecified atom stereocenters. The molecule has 1 heterocycles. The topological polar surface area (TPSA) is 9.23 Å². The van der Waals surface area contributed by atoms with Crippen molar-refractivity contribution >= 4 is 28.6 Å². The number of rotatable bonds is 5. The second kappa shape index (κ2) is 9.17. The summed E-state index contributed by atoms with van der Waals surface area (Å²) in [7, 11) is 0. The summed E-state index contributed by atoms with van der Waals surface area (Å²) in [6.07, 6.45) is 8.91. The Morgan fingerprint density at radius 2 is 1.36 bits per heavy atom. The predicted molar refractivity (Wildman–Crippen MR) is 166 cm³/mol. The molecule has 0 aromatic heterocycles. The molecule has 1 aliphatic carbocycles. The van der Waals surface area contributed by atoms with Gasteiger partial charge in [0.2, 0.25) is 0 Å². The average Bonchev–Trinajstić information content (AvgIpc) is 3.32. The number of hydrogen-bond donors (Lipinski definition) is 0. The van der Waals surface area contributed by atoms with Crippen LogP contribution in [0.25, 0.3) is 28.0 Å². The van der Waals surface area contributed by atoms with Crippen molar-refractivity contribution < 1.29 is 4.74 Å². The second-order valence-corrected chi connectivity index (χ2v) is 11.5. The first-order valence-electron chi connectivity index (χ1n) is 13.9. The highest BCUT2D eigenvalue weighted by atomic mass is 32.2. The fraction of sp³-hybridized carbons (Fsp3) is 0.189. The van der Waals surface area contributed by atoms with Crippen LogP contribution in [0.1, 0.15) is 54.5 Å². The summed E-state index contributed by atoms with van der Waals surface area (Å²) in [5.41, 5.74) is 8.38. The minimum Gasteiger partial charge on any atom is -0.472 e. The highest BCUT2D eigenvalue weighted by Gasteiger charge is 2.46. The second-order valence-electron chi connectivity index (χ2n) is 10.6. The number of benzene rings is 5. The van der Waals surface area contributed by atoms with E-state index in [1.54, 1.807) is 11.8 Å². The summed E-state index contributed by atoms with van der Waals surface area (Å²) in [5.74, 6) is 0.994. The van der Waals surface area contributed by atoms with Crippen molar-refractivity contribution in [1.29, 1.82) is 0 Å². The molecule has 2 aliphatic rings. The zero-order valence-corrected chi connectivity index (χ0v) is 23.5. The molecular formula is C37H32OS. The zero-order valence-electron chi connectivity index (χ0n) is 22.7.